The Labute approximate surface area is 131 Å². The van der Waals surface area contributed by atoms with E-state index in [1.807, 2.05) is 0 Å². The molecule has 3 rings (SSSR count). The van der Waals surface area contributed by atoms with E-state index < -0.39 is 0 Å². The highest BCUT2D eigenvalue weighted by Crippen LogP contribution is 2.16. The third-order valence-corrected chi connectivity index (χ3v) is 3.25. The Balaban J connectivity index is 2.29. The molecule has 0 amide bonds. The molecule has 2 heterocycles. The Morgan fingerprint density at radius 1 is 1.23 bits per heavy atom. The third-order valence-electron chi connectivity index (χ3n) is 3.00. The molecule has 3 aromatic rings. The van der Waals surface area contributed by atoms with E-state index in [0.29, 0.717) is 28.9 Å². The molecule has 0 atom stereocenters. The molecule has 110 valence electrons. The predicted molar refractivity (Wildman–Crippen MR) is 86.6 cm³/mol. The van der Waals surface area contributed by atoms with Crippen LogP contribution in [-0.2, 0) is 0 Å². The molecule has 0 saturated carbocycles. The molecule has 1 aromatic carbocycles. The second-order valence-corrected chi connectivity index (χ2v) is 4.89. The van der Waals surface area contributed by atoms with Gasteiger partial charge < -0.3 is 5.32 Å². The van der Waals surface area contributed by atoms with Crippen molar-refractivity contribution >= 4 is 28.7 Å². The lowest BCUT2D eigenvalue weighted by Gasteiger charge is -2.13. The number of nitrogens with zero attached hydrogens (tertiary/aromatic N) is 4. The van der Waals surface area contributed by atoms with Gasteiger partial charge >= 0.3 is 0 Å². The Hall–Kier alpha value is -2.73. The van der Waals surface area contributed by atoms with Crippen molar-refractivity contribution < 1.29 is 0 Å². The highest BCUT2D eigenvalue weighted by atomic mass is 35.5. The number of rotatable bonds is 4. The fourth-order valence-electron chi connectivity index (χ4n) is 2.03. The van der Waals surface area contributed by atoms with Gasteiger partial charge in [0.15, 0.2) is 11.2 Å². The SMILES string of the molecule is C=CCNc1nc2nccnc2c(=O)n1-c1ccc(Cl)cc1. The average molecular weight is 314 g/mol. The van der Waals surface area contributed by atoms with E-state index in [9.17, 15) is 4.79 Å². The quantitative estimate of drug-likeness (QED) is 0.749. The molecule has 0 aliphatic rings. The van der Waals surface area contributed by atoms with Gasteiger partial charge in [-0.3, -0.25) is 4.79 Å². The number of aromatic nitrogens is 4. The summed E-state index contributed by atoms with van der Waals surface area (Å²) in [6.07, 6.45) is 4.65. The molecule has 0 fully saturated rings. The summed E-state index contributed by atoms with van der Waals surface area (Å²) in [5.41, 5.74) is 0.846. The van der Waals surface area contributed by atoms with Gasteiger partial charge in [0, 0.05) is 24.0 Å². The summed E-state index contributed by atoms with van der Waals surface area (Å²) in [5.74, 6) is 0.375. The summed E-state index contributed by atoms with van der Waals surface area (Å²) >= 11 is 5.90. The summed E-state index contributed by atoms with van der Waals surface area (Å²) in [4.78, 5) is 25.2. The van der Waals surface area contributed by atoms with Gasteiger partial charge in [0.25, 0.3) is 5.56 Å². The minimum atomic E-state index is -0.299. The fourth-order valence-corrected chi connectivity index (χ4v) is 2.15. The normalized spacial score (nSPS) is 10.6. The van der Waals surface area contributed by atoms with Crippen LogP contribution in [0.4, 0.5) is 5.95 Å². The van der Waals surface area contributed by atoms with Crippen LogP contribution in [0.25, 0.3) is 16.9 Å². The third kappa shape index (κ3) is 2.56. The average Bonchev–Trinajstić information content (AvgIpc) is 2.54. The zero-order valence-corrected chi connectivity index (χ0v) is 12.3. The maximum Gasteiger partial charge on any atom is 0.287 e. The molecule has 0 unspecified atom stereocenters. The molecule has 7 heteroatoms. The van der Waals surface area contributed by atoms with Crippen LogP contribution in [0.3, 0.4) is 0 Å². The second-order valence-electron chi connectivity index (χ2n) is 4.45. The maximum absolute atomic E-state index is 12.7. The van der Waals surface area contributed by atoms with Crippen molar-refractivity contribution in [2.45, 2.75) is 0 Å². The van der Waals surface area contributed by atoms with Gasteiger partial charge in [-0.15, -0.1) is 6.58 Å². The topological polar surface area (TPSA) is 72.7 Å². The Bertz CT molecular complexity index is 889. The number of nitrogens with one attached hydrogen (secondary N) is 1. The number of hydrogen-bond donors (Lipinski definition) is 1. The highest BCUT2D eigenvalue weighted by molar-refractivity contribution is 6.30. The number of halogens is 1. The first kappa shape index (κ1) is 14.2. The largest absolute Gasteiger partial charge is 0.352 e. The van der Waals surface area contributed by atoms with Crippen LogP contribution in [0, 0.1) is 0 Å². The van der Waals surface area contributed by atoms with Crippen LogP contribution in [0.2, 0.25) is 5.02 Å². The monoisotopic (exact) mass is 313 g/mol. The van der Waals surface area contributed by atoms with Crippen LogP contribution in [0.5, 0.6) is 0 Å². The summed E-state index contributed by atoms with van der Waals surface area (Å²) in [7, 11) is 0. The number of fused-ring (bicyclic) bond motifs is 1. The summed E-state index contributed by atoms with van der Waals surface area (Å²) in [6.45, 7) is 4.12. The van der Waals surface area contributed by atoms with Crippen LogP contribution in [0.15, 0.2) is 54.1 Å². The molecule has 0 saturated heterocycles. The molecular formula is C15H12ClN5O. The minimum absolute atomic E-state index is 0.210. The lowest BCUT2D eigenvalue weighted by molar-refractivity contribution is 0.943. The van der Waals surface area contributed by atoms with Crippen LogP contribution >= 0.6 is 11.6 Å². The molecule has 2 aromatic heterocycles. The highest BCUT2D eigenvalue weighted by Gasteiger charge is 2.13. The lowest BCUT2D eigenvalue weighted by atomic mass is 10.3. The maximum atomic E-state index is 12.7. The Kier molecular flexibility index (Phi) is 3.84. The number of benzene rings is 1. The van der Waals surface area contributed by atoms with Crippen molar-refractivity contribution in [3.8, 4) is 5.69 Å². The van der Waals surface area contributed by atoms with Gasteiger partial charge in [-0.25, -0.2) is 14.5 Å². The molecule has 0 radical (unpaired) electrons. The first-order valence-electron chi connectivity index (χ1n) is 6.55. The van der Waals surface area contributed by atoms with E-state index in [0.717, 1.165) is 0 Å². The van der Waals surface area contributed by atoms with Crippen molar-refractivity contribution in [2.75, 3.05) is 11.9 Å². The zero-order chi connectivity index (χ0) is 15.5. The molecule has 0 spiro atoms. The second kappa shape index (κ2) is 5.95. The Morgan fingerprint density at radius 2 is 1.95 bits per heavy atom. The van der Waals surface area contributed by atoms with E-state index in [1.165, 1.54) is 17.0 Å². The molecule has 0 bridgehead atoms. The van der Waals surface area contributed by atoms with Gasteiger partial charge in [0.05, 0.1) is 5.69 Å². The van der Waals surface area contributed by atoms with E-state index in [-0.39, 0.29) is 11.1 Å². The summed E-state index contributed by atoms with van der Waals surface area (Å²) < 4.78 is 1.44. The smallest absolute Gasteiger partial charge is 0.287 e. The predicted octanol–water partition coefficient (Wildman–Crippen LogP) is 2.43. The van der Waals surface area contributed by atoms with Crippen molar-refractivity contribution in [1.29, 1.82) is 0 Å². The molecule has 6 nitrogen and oxygen atoms in total. The van der Waals surface area contributed by atoms with Crippen LogP contribution in [0.1, 0.15) is 0 Å². The standard InChI is InChI=1S/C15H12ClN5O/c1-2-7-19-15-20-13-12(17-8-9-18-13)14(22)21(15)11-5-3-10(16)4-6-11/h2-6,8-9H,1,7H2,(H,18,19,20). The first-order valence-corrected chi connectivity index (χ1v) is 6.93. The van der Waals surface area contributed by atoms with Crippen molar-refractivity contribution in [2.24, 2.45) is 0 Å². The zero-order valence-electron chi connectivity index (χ0n) is 11.5. The molecule has 1 N–H and O–H groups in total. The van der Waals surface area contributed by atoms with Gasteiger partial charge in [0.1, 0.15) is 0 Å². The molecule has 0 aliphatic heterocycles. The Morgan fingerprint density at radius 3 is 2.68 bits per heavy atom. The fraction of sp³-hybridized carbons (Fsp3) is 0.0667. The van der Waals surface area contributed by atoms with E-state index in [4.69, 9.17) is 11.6 Å². The van der Waals surface area contributed by atoms with E-state index in [1.54, 1.807) is 30.3 Å². The van der Waals surface area contributed by atoms with Crippen molar-refractivity contribution in [3.63, 3.8) is 0 Å². The van der Waals surface area contributed by atoms with Gasteiger partial charge in [-0.2, -0.15) is 4.98 Å². The number of anilines is 1. The van der Waals surface area contributed by atoms with E-state index in [2.05, 4.69) is 26.8 Å². The van der Waals surface area contributed by atoms with Gasteiger partial charge in [-0.1, -0.05) is 17.7 Å². The van der Waals surface area contributed by atoms with Crippen LogP contribution in [-0.4, -0.2) is 26.1 Å². The summed E-state index contributed by atoms with van der Waals surface area (Å²) in [6, 6.07) is 6.91. The van der Waals surface area contributed by atoms with Crippen LogP contribution < -0.4 is 10.9 Å². The molecule has 0 aliphatic carbocycles. The minimum Gasteiger partial charge on any atom is -0.352 e. The van der Waals surface area contributed by atoms with E-state index >= 15 is 0 Å². The van der Waals surface area contributed by atoms with Gasteiger partial charge in [0.2, 0.25) is 5.95 Å². The lowest BCUT2D eigenvalue weighted by Crippen LogP contribution is -2.24. The van der Waals surface area contributed by atoms with Crippen molar-refractivity contribution in [3.05, 3.63) is 64.7 Å². The molecular weight excluding hydrogens is 302 g/mol. The number of hydrogen-bond acceptors (Lipinski definition) is 5. The van der Waals surface area contributed by atoms with Crippen molar-refractivity contribution in [1.82, 2.24) is 19.5 Å². The van der Waals surface area contributed by atoms with Gasteiger partial charge in [-0.05, 0) is 24.3 Å². The first-order chi connectivity index (χ1) is 10.7. The molecule has 22 heavy (non-hydrogen) atoms. The summed E-state index contributed by atoms with van der Waals surface area (Å²) in [5, 5.41) is 3.63.